The van der Waals surface area contributed by atoms with Crippen LogP contribution in [0.15, 0.2) is 18.2 Å². The number of hydrazine groups is 1. The molecule has 16 heavy (non-hydrogen) atoms. The lowest BCUT2D eigenvalue weighted by Gasteiger charge is -1.99. The third-order valence-electron chi connectivity index (χ3n) is 2.42. The molecule has 2 aromatic rings. The van der Waals surface area contributed by atoms with Crippen molar-refractivity contribution in [3.63, 3.8) is 0 Å². The zero-order valence-corrected chi connectivity index (χ0v) is 9.19. The first-order chi connectivity index (χ1) is 7.63. The highest BCUT2D eigenvalue weighted by Crippen LogP contribution is 2.11. The second-order valence-electron chi connectivity index (χ2n) is 3.85. The number of nitrogens with zero attached hydrogens (tertiary/aromatic N) is 2. The van der Waals surface area contributed by atoms with Crippen molar-refractivity contribution in [3.05, 3.63) is 23.8 Å². The lowest BCUT2D eigenvalue weighted by atomic mass is 10.2. The number of hydrogen-bond acceptors (Lipinski definition) is 3. The van der Waals surface area contributed by atoms with Crippen molar-refractivity contribution in [3.8, 4) is 0 Å². The molecule has 0 spiro atoms. The predicted molar refractivity (Wildman–Crippen MR) is 58.3 cm³/mol. The van der Waals surface area contributed by atoms with Crippen LogP contribution in [0.1, 0.15) is 30.2 Å². The van der Waals surface area contributed by atoms with Gasteiger partial charge in [0.15, 0.2) is 0 Å². The van der Waals surface area contributed by atoms with Gasteiger partial charge in [-0.25, -0.2) is 5.84 Å². The minimum absolute atomic E-state index is 0.291. The van der Waals surface area contributed by atoms with Crippen molar-refractivity contribution < 1.29 is 9.48 Å². The predicted octanol–water partition coefficient (Wildman–Crippen LogP) is 0.0348. The molecule has 0 saturated heterocycles. The number of carbonyl (C=O) groups excluding carboxylic acids is 1. The lowest BCUT2D eigenvalue weighted by molar-refractivity contribution is -0.748. The van der Waals surface area contributed by atoms with Gasteiger partial charge in [0.1, 0.15) is 6.04 Å². The Labute approximate surface area is 92.4 Å². The van der Waals surface area contributed by atoms with Gasteiger partial charge in [-0.2, -0.15) is 4.68 Å². The van der Waals surface area contributed by atoms with Crippen LogP contribution in [0.4, 0.5) is 0 Å². The van der Waals surface area contributed by atoms with Crippen LogP contribution in [0, 0.1) is 0 Å². The summed E-state index contributed by atoms with van der Waals surface area (Å²) in [6, 6.07) is 5.56. The van der Waals surface area contributed by atoms with Crippen LogP contribution < -0.4 is 16.0 Å². The molecule has 2 rings (SSSR count). The maximum Gasteiger partial charge on any atom is 0.265 e. The van der Waals surface area contributed by atoms with E-state index in [1.807, 2.05) is 10.7 Å². The first kappa shape index (κ1) is 10.6. The molecule has 0 atom stereocenters. The summed E-state index contributed by atoms with van der Waals surface area (Å²) in [4.78, 5) is 11.3. The molecule has 0 aliphatic rings. The average molecular weight is 220 g/mol. The Hall–Kier alpha value is -1.95. The van der Waals surface area contributed by atoms with Crippen LogP contribution in [0.25, 0.3) is 11.0 Å². The normalized spacial score (nSPS) is 11.0. The van der Waals surface area contributed by atoms with E-state index in [-0.39, 0.29) is 5.91 Å². The van der Waals surface area contributed by atoms with Gasteiger partial charge in [-0.15, -0.1) is 0 Å². The Kier molecular flexibility index (Phi) is 2.57. The Morgan fingerprint density at radius 2 is 2.31 bits per heavy atom. The monoisotopic (exact) mass is 220 g/mol. The van der Waals surface area contributed by atoms with E-state index in [1.54, 1.807) is 12.1 Å². The van der Waals surface area contributed by atoms with Gasteiger partial charge in [0.25, 0.3) is 5.91 Å². The topological polar surface area (TPSA) is 87.7 Å². The summed E-state index contributed by atoms with van der Waals surface area (Å²) in [5.41, 5.74) is 4.30. The van der Waals surface area contributed by atoms with E-state index in [1.165, 1.54) is 0 Å². The van der Waals surface area contributed by atoms with Crippen LogP contribution in [0.3, 0.4) is 0 Å². The number of nitrogen functional groups attached to an aromatic ring is 1. The lowest BCUT2D eigenvalue weighted by Crippen LogP contribution is -2.38. The van der Waals surface area contributed by atoms with Gasteiger partial charge in [0.2, 0.25) is 11.0 Å². The molecule has 0 radical (unpaired) electrons. The summed E-state index contributed by atoms with van der Waals surface area (Å²) in [6.45, 7) is 4.11. The number of amides is 1. The van der Waals surface area contributed by atoms with Gasteiger partial charge >= 0.3 is 0 Å². The van der Waals surface area contributed by atoms with Crippen LogP contribution in [-0.2, 0) is 0 Å². The van der Waals surface area contributed by atoms with Gasteiger partial charge in [-0.1, -0.05) is 5.21 Å². The Morgan fingerprint density at radius 3 is 2.94 bits per heavy atom. The molecule has 0 aliphatic heterocycles. The molecule has 1 heterocycles. The zero-order chi connectivity index (χ0) is 11.7. The summed E-state index contributed by atoms with van der Waals surface area (Å²) in [6.07, 6.45) is 0. The molecular weight excluding hydrogens is 206 g/mol. The number of benzene rings is 1. The average Bonchev–Trinajstić information content (AvgIpc) is 2.70. The minimum Gasteiger partial charge on any atom is -0.290 e. The van der Waals surface area contributed by atoms with Gasteiger partial charge in [0, 0.05) is 16.7 Å². The largest absolute Gasteiger partial charge is 0.290 e. The molecule has 1 aromatic carbocycles. The number of fused-ring (bicyclic) bond motifs is 1. The Morgan fingerprint density at radius 1 is 1.56 bits per heavy atom. The number of nitrogens with two attached hydrogens (primary N) is 1. The molecule has 4 N–H and O–H groups in total. The van der Waals surface area contributed by atoms with E-state index >= 15 is 0 Å². The number of H-pyrrole nitrogens is 1. The summed E-state index contributed by atoms with van der Waals surface area (Å²) in [5, 5.41) is 7.04. The van der Waals surface area contributed by atoms with Gasteiger partial charge < -0.3 is 0 Å². The molecule has 0 fully saturated rings. The smallest absolute Gasteiger partial charge is 0.265 e. The maximum absolute atomic E-state index is 11.3. The Bertz CT molecular complexity index is 531. The van der Waals surface area contributed by atoms with E-state index < -0.39 is 0 Å². The highest BCUT2D eigenvalue weighted by atomic mass is 16.2. The first-order valence-electron chi connectivity index (χ1n) is 5.04. The van der Waals surface area contributed by atoms with Crippen molar-refractivity contribution in [1.29, 1.82) is 0 Å². The van der Waals surface area contributed by atoms with Crippen molar-refractivity contribution in [2.24, 2.45) is 5.84 Å². The van der Waals surface area contributed by atoms with E-state index in [9.17, 15) is 4.79 Å². The van der Waals surface area contributed by atoms with Crippen molar-refractivity contribution in [2.45, 2.75) is 19.9 Å². The number of hydrogen-bond donors (Lipinski definition) is 3. The molecule has 0 bridgehead atoms. The van der Waals surface area contributed by atoms with Crippen molar-refractivity contribution in [2.75, 3.05) is 0 Å². The molecule has 0 aliphatic carbocycles. The molecule has 0 saturated carbocycles. The van der Waals surface area contributed by atoms with Gasteiger partial charge in [-0.05, 0) is 26.0 Å². The van der Waals surface area contributed by atoms with E-state index in [0.29, 0.717) is 11.6 Å². The number of aromatic amines is 1. The quantitative estimate of drug-likeness (QED) is 0.289. The summed E-state index contributed by atoms with van der Waals surface area (Å²) >= 11 is 0. The fourth-order valence-corrected chi connectivity index (χ4v) is 1.60. The number of rotatable bonds is 2. The number of nitrogens with one attached hydrogen (secondary N) is 2. The molecule has 1 amide bonds. The van der Waals surface area contributed by atoms with E-state index in [4.69, 9.17) is 5.84 Å². The molecule has 6 nitrogen and oxygen atoms in total. The summed E-state index contributed by atoms with van der Waals surface area (Å²) in [7, 11) is 0. The number of aromatic nitrogens is 3. The van der Waals surface area contributed by atoms with Crippen molar-refractivity contribution in [1.82, 2.24) is 15.7 Å². The highest BCUT2D eigenvalue weighted by Gasteiger charge is 2.16. The van der Waals surface area contributed by atoms with Crippen LogP contribution >= 0.6 is 0 Å². The summed E-state index contributed by atoms with van der Waals surface area (Å²) < 4.78 is 1.93. The molecule has 1 aromatic heterocycles. The standard InChI is InChI=1S/C10H13N5O/c1-6(2)15-9-4-3-7(10(16)12-11)5-8(9)13-14-15/h3-6H,1-2H3,(H3,11,12,13,14,16)/p+1. The fourth-order valence-electron chi connectivity index (χ4n) is 1.60. The minimum atomic E-state index is -0.319. The fraction of sp³-hybridized carbons (Fsp3) is 0.300. The molecule has 6 heteroatoms. The second kappa shape index (κ2) is 3.90. The molecule has 0 unspecified atom stereocenters. The van der Waals surface area contributed by atoms with Crippen molar-refractivity contribution >= 4 is 16.9 Å². The third kappa shape index (κ3) is 1.63. The van der Waals surface area contributed by atoms with Crippen LogP contribution in [0.5, 0.6) is 0 Å². The molecule has 84 valence electrons. The maximum atomic E-state index is 11.3. The van der Waals surface area contributed by atoms with Gasteiger partial charge in [0.05, 0.1) is 0 Å². The van der Waals surface area contributed by atoms with E-state index in [0.717, 1.165) is 11.0 Å². The number of carbonyl (C=O) groups is 1. The Balaban J connectivity index is 2.53. The SMILES string of the molecule is CC(C)[n+]1[nH]nc2cc(C(=O)NN)ccc21. The third-order valence-corrected chi connectivity index (χ3v) is 2.42. The molecular formula is C10H14N5O+. The summed E-state index contributed by atoms with van der Waals surface area (Å²) in [5.74, 6) is 4.75. The zero-order valence-electron chi connectivity index (χ0n) is 9.19. The van der Waals surface area contributed by atoms with E-state index in [2.05, 4.69) is 29.6 Å². The van der Waals surface area contributed by atoms with Crippen LogP contribution in [0.2, 0.25) is 0 Å². The van der Waals surface area contributed by atoms with Crippen LogP contribution in [-0.4, -0.2) is 16.2 Å². The second-order valence-corrected chi connectivity index (χ2v) is 3.85. The van der Waals surface area contributed by atoms with Gasteiger partial charge in [-0.3, -0.25) is 10.2 Å². The highest BCUT2D eigenvalue weighted by molar-refractivity contribution is 5.96. The first-order valence-corrected chi connectivity index (χ1v) is 5.04.